The summed E-state index contributed by atoms with van der Waals surface area (Å²) in [5.74, 6) is 0.664. The molecule has 1 saturated heterocycles. The summed E-state index contributed by atoms with van der Waals surface area (Å²) in [4.78, 5) is 25.5. The molecule has 2 amide bonds. The first-order valence-corrected chi connectivity index (χ1v) is 8.55. The molecule has 0 spiro atoms. The highest BCUT2D eigenvalue weighted by Gasteiger charge is 2.25. The minimum absolute atomic E-state index is 0.0401. The molecule has 1 aliphatic heterocycles. The van der Waals surface area contributed by atoms with Crippen molar-refractivity contribution >= 4 is 11.8 Å². The van der Waals surface area contributed by atoms with Gasteiger partial charge < -0.3 is 15.0 Å². The molecule has 1 heterocycles. The summed E-state index contributed by atoms with van der Waals surface area (Å²) in [6.07, 6.45) is 2.51. The van der Waals surface area contributed by atoms with Crippen LogP contribution >= 0.6 is 0 Å². The van der Waals surface area contributed by atoms with E-state index in [0.29, 0.717) is 26.2 Å². The standard InChI is InChI=1S/C18H27N3O3/c1-3-4-15-11-18(23)21(13-20-15)12-17(22)19-9-10-24-16-7-5-14(2)6-8-16/h5-8,15,20H,3-4,9-13H2,1-2H3,(H,19,22). The van der Waals surface area contributed by atoms with Crippen molar-refractivity contribution in [2.24, 2.45) is 0 Å². The van der Waals surface area contributed by atoms with Crippen molar-refractivity contribution in [3.8, 4) is 5.75 Å². The number of benzene rings is 1. The maximum atomic E-state index is 12.0. The molecule has 1 aromatic rings. The fourth-order valence-corrected chi connectivity index (χ4v) is 2.66. The molecule has 0 bridgehead atoms. The minimum atomic E-state index is -0.161. The van der Waals surface area contributed by atoms with Gasteiger partial charge in [-0.2, -0.15) is 0 Å². The van der Waals surface area contributed by atoms with E-state index in [-0.39, 0.29) is 24.4 Å². The molecule has 0 aromatic heterocycles. The van der Waals surface area contributed by atoms with Crippen LogP contribution in [0.15, 0.2) is 24.3 Å². The Hall–Kier alpha value is -2.08. The molecular weight excluding hydrogens is 306 g/mol. The van der Waals surface area contributed by atoms with Gasteiger partial charge >= 0.3 is 0 Å². The van der Waals surface area contributed by atoms with Crippen molar-refractivity contribution in [2.75, 3.05) is 26.4 Å². The first kappa shape index (κ1) is 18.3. The Labute approximate surface area is 143 Å². The number of aryl methyl sites for hydroxylation is 1. The summed E-state index contributed by atoms with van der Waals surface area (Å²) in [6.45, 7) is 5.47. The average Bonchev–Trinajstić information content (AvgIpc) is 2.56. The second-order valence-corrected chi connectivity index (χ2v) is 6.16. The van der Waals surface area contributed by atoms with Crippen LogP contribution in [0.5, 0.6) is 5.75 Å². The predicted molar refractivity (Wildman–Crippen MR) is 92.7 cm³/mol. The number of carbonyl (C=O) groups is 2. The van der Waals surface area contributed by atoms with Gasteiger partial charge in [0, 0.05) is 12.5 Å². The second-order valence-electron chi connectivity index (χ2n) is 6.16. The Morgan fingerprint density at radius 2 is 2.12 bits per heavy atom. The van der Waals surface area contributed by atoms with Crippen LogP contribution in [0.25, 0.3) is 0 Å². The Morgan fingerprint density at radius 3 is 2.79 bits per heavy atom. The van der Waals surface area contributed by atoms with Gasteiger partial charge in [0.1, 0.15) is 18.9 Å². The summed E-state index contributed by atoms with van der Waals surface area (Å²) in [5.41, 5.74) is 1.18. The minimum Gasteiger partial charge on any atom is -0.492 e. The largest absolute Gasteiger partial charge is 0.492 e. The topological polar surface area (TPSA) is 70.7 Å². The number of nitrogens with zero attached hydrogens (tertiary/aromatic N) is 1. The van der Waals surface area contributed by atoms with Gasteiger partial charge in [0.05, 0.1) is 13.2 Å². The summed E-state index contributed by atoms with van der Waals surface area (Å²) < 4.78 is 5.56. The molecule has 2 rings (SSSR count). The van der Waals surface area contributed by atoms with E-state index in [1.807, 2.05) is 31.2 Å². The first-order valence-electron chi connectivity index (χ1n) is 8.55. The van der Waals surface area contributed by atoms with E-state index in [4.69, 9.17) is 4.74 Å². The SMILES string of the molecule is CCCC1CC(=O)N(CC(=O)NCCOc2ccc(C)cc2)CN1. The van der Waals surface area contributed by atoms with Gasteiger partial charge in [-0.3, -0.25) is 14.9 Å². The number of hydrogen-bond acceptors (Lipinski definition) is 4. The van der Waals surface area contributed by atoms with Crippen LogP contribution in [0.3, 0.4) is 0 Å². The smallest absolute Gasteiger partial charge is 0.239 e. The summed E-state index contributed by atoms with van der Waals surface area (Å²) >= 11 is 0. The van der Waals surface area contributed by atoms with Crippen molar-refractivity contribution in [2.45, 2.75) is 39.2 Å². The van der Waals surface area contributed by atoms with E-state index in [0.717, 1.165) is 18.6 Å². The van der Waals surface area contributed by atoms with E-state index >= 15 is 0 Å². The van der Waals surface area contributed by atoms with Crippen molar-refractivity contribution in [3.05, 3.63) is 29.8 Å². The number of rotatable bonds is 8. The van der Waals surface area contributed by atoms with Crippen LogP contribution < -0.4 is 15.4 Å². The summed E-state index contributed by atoms with van der Waals surface area (Å²) in [7, 11) is 0. The molecule has 2 N–H and O–H groups in total. The van der Waals surface area contributed by atoms with E-state index in [1.54, 1.807) is 4.90 Å². The average molecular weight is 333 g/mol. The highest BCUT2D eigenvalue weighted by molar-refractivity contribution is 5.85. The van der Waals surface area contributed by atoms with Crippen LogP contribution in [-0.2, 0) is 9.59 Å². The maximum absolute atomic E-state index is 12.0. The first-order chi connectivity index (χ1) is 11.6. The molecule has 132 valence electrons. The van der Waals surface area contributed by atoms with Crippen LogP contribution in [0.1, 0.15) is 31.7 Å². The Bertz CT molecular complexity index is 545. The van der Waals surface area contributed by atoms with Crippen LogP contribution in [0.2, 0.25) is 0 Å². The zero-order chi connectivity index (χ0) is 17.4. The zero-order valence-electron chi connectivity index (χ0n) is 14.5. The molecule has 6 nitrogen and oxygen atoms in total. The number of ether oxygens (including phenoxy) is 1. The van der Waals surface area contributed by atoms with Gasteiger partial charge in [-0.25, -0.2) is 0 Å². The molecule has 1 fully saturated rings. The molecule has 0 aliphatic carbocycles. The Kier molecular flexibility index (Phi) is 7.06. The number of amides is 2. The molecule has 1 aromatic carbocycles. The molecule has 1 unspecified atom stereocenters. The molecule has 24 heavy (non-hydrogen) atoms. The third-order valence-corrected chi connectivity index (χ3v) is 4.03. The Morgan fingerprint density at radius 1 is 1.38 bits per heavy atom. The van der Waals surface area contributed by atoms with Crippen molar-refractivity contribution < 1.29 is 14.3 Å². The van der Waals surface area contributed by atoms with Gasteiger partial charge in [0.2, 0.25) is 11.8 Å². The van der Waals surface area contributed by atoms with Crippen molar-refractivity contribution in [1.29, 1.82) is 0 Å². The normalized spacial score (nSPS) is 17.7. The third-order valence-electron chi connectivity index (χ3n) is 4.03. The monoisotopic (exact) mass is 333 g/mol. The third kappa shape index (κ3) is 5.85. The number of carbonyl (C=O) groups excluding carboxylic acids is 2. The lowest BCUT2D eigenvalue weighted by atomic mass is 10.1. The molecule has 0 saturated carbocycles. The molecular formula is C18H27N3O3. The van der Waals surface area contributed by atoms with Gasteiger partial charge in [-0.15, -0.1) is 0 Å². The molecule has 1 aliphatic rings. The molecule has 1 atom stereocenters. The van der Waals surface area contributed by atoms with E-state index in [1.165, 1.54) is 5.56 Å². The van der Waals surface area contributed by atoms with E-state index in [2.05, 4.69) is 17.6 Å². The lowest BCUT2D eigenvalue weighted by molar-refractivity contribution is -0.139. The fourth-order valence-electron chi connectivity index (χ4n) is 2.66. The van der Waals surface area contributed by atoms with Crippen molar-refractivity contribution in [1.82, 2.24) is 15.5 Å². The lowest BCUT2D eigenvalue weighted by Gasteiger charge is -2.32. The zero-order valence-corrected chi connectivity index (χ0v) is 14.5. The highest BCUT2D eigenvalue weighted by atomic mass is 16.5. The molecule has 6 heteroatoms. The summed E-state index contributed by atoms with van der Waals surface area (Å²) in [5, 5.41) is 6.08. The Balaban J connectivity index is 1.63. The van der Waals surface area contributed by atoms with Gasteiger partial charge in [0.15, 0.2) is 0 Å². The second kappa shape index (κ2) is 9.27. The molecule has 0 radical (unpaired) electrons. The van der Waals surface area contributed by atoms with Gasteiger partial charge in [-0.05, 0) is 25.5 Å². The number of hydrogen-bond donors (Lipinski definition) is 2. The van der Waals surface area contributed by atoms with E-state index < -0.39 is 0 Å². The van der Waals surface area contributed by atoms with Gasteiger partial charge in [-0.1, -0.05) is 31.0 Å². The number of nitrogens with one attached hydrogen (secondary N) is 2. The fraction of sp³-hybridized carbons (Fsp3) is 0.556. The maximum Gasteiger partial charge on any atom is 0.239 e. The van der Waals surface area contributed by atoms with Crippen LogP contribution in [-0.4, -0.2) is 49.1 Å². The summed E-state index contributed by atoms with van der Waals surface area (Å²) in [6, 6.07) is 8.01. The van der Waals surface area contributed by atoms with Gasteiger partial charge in [0.25, 0.3) is 0 Å². The quantitative estimate of drug-likeness (QED) is 0.706. The van der Waals surface area contributed by atoms with Crippen LogP contribution in [0.4, 0.5) is 0 Å². The van der Waals surface area contributed by atoms with E-state index in [9.17, 15) is 9.59 Å². The van der Waals surface area contributed by atoms with Crippen LogP contribution in [0, 0.1) is 6.92 Å². The lowest BCUT2D eigenvalue weighted by Crippen LogP contribution is -2.53. The highest BCUT2D eigenvalue weighted by Crippen LogP contribution is 2.11. The van der Waals surface area contributed by atoms with Crippen molar-refractivity contribution in [3.63, 3.8) is 0 Å². The predicted octanol–water partition coefficient (Wildman–Crippen LogP) is 1.44.